The third-order valence-corrected chi connectivity index (χ3v) is 5.75. The number of alkyl halides is 1. The molecule has 1 aliphatic rings. The van der Waals surface area contributed by atoms with Crippen LogP contribution in [-0.4, -0.2) is 39.0 Å². The first kappa shape index (κ1) is 15.8. The fraction of sp³-hybridized carbons (Fsp3) is 0.571. The number of sulfonamides is 1. The van der Waals surface area contributed by atoms with Crippen LogP contribution in [0.1, 0.15) is 24.8 Å². The van der Waals surface area contributed by atoms with Gasteiger partial charge in [-0.3, -0.25) is 0 Å². The van der Waals surface area contributed by atoms with Crippen molar-refractivity contribution < 1.29 is 13.2 Å². The number of hydrogen-bond acceptors (Lipinski definition) is 3. The van der Waals surface area contributed by atoms with Gasteiger partial charge < -0.3 is 4.74 Å². The van der Waals surface area contributed by atoms with Crippen molar-refractivity contribution >= 4 is 21.6 Å². The van der Waals surface area contributed by atoms with Crippen LogP contribution >= 0.6 is 11.6 Å². The highest BCUT2D eigenvalue weighted by Gasteiger charge is 2.26. The molecule has 1 aliphatic heterocycles. The Morgan fingerprint density at radius 2 is 2.10 bits per heavy atom. The Kier molecular flexibility index (Phi) is 5.43. The van der Waals surface area contributed by atoms with Crippen molar-refractivity contribution in [3.63, 3.8) is 0 Å². The lowest BCUT2D eigenvalue weighted by Gasteiger charge is -2.27. The number of likely N-dealkylation sites (N-methyl/N-ethyl adjacent to an activating group) is 1. The van der Waals surface area contributed by atoms with Gasteiger partial charge in [-0.1, -0.05) is 18.2 Å². The van der Waals surface area contributed by atoms with Gasteiger partial charge in [-0.2, -0.15) is 4.31 Å². The summed E-state index contributed by atoms with van der Waals surface area (Å²) in [5.74, 6) is 0.184. The third kappa shape index (κ3) is 3.52. The highest BCUT2D eigenvalue weighted by Crippen LogP contribution is 2.22. The number of benzene rings is 1. The summed E-state index contributed by atoms with van der Waals surface area (Å²) in [6.07, 6.45) is 3.06. The van der Waals surface area contributed by atoms with Crippen molar-refractivity contribution in [2.75, 3.05) is 20.2 Å². The van der Waals surface area contributed by atoms with E-state index in [1.807, 2.05) is 0 Å². The van der Waals surface area contributed by atoms with E-state index in [1.165, 1.54) is 4.31 Å². The Hall–Kier alpha value is -0.620. The van der Waals surface area contributed by atoms with E-state index in [9.17, 15) is 8.42 Å². The third-order valence-electron chi connectivity index (χ3n) is 3.54. The molecule has 0 aliphatic carbocycles. The zero-order valence-corrected chi connectivity index (χ0v) is 13.2. The minimum absolute atomic E-state index is 0.00770. The van der Waals surface area contributed by atoms with Crippen molar-refractivity contribution in [1.82, 2.24) is 4.31 Å². The van der Waals surface area contributed by atoms with E-state index in [1.54, 1.807) is 31.3 Å². The van der Waals surface area contributed by atoms with Gasteiger partial charge in [0.05, 0.1) is 11.0 Å². The Balaban J connectivity index is 2.16. The molecule has 0 radical (unpaired) electrons. The van der Waals surface area contributed by atoms with Crippen LogP contribution in [0.25, 0.3) is 0 Å². The molecule has 0 spiro atoms. The SMILES string of the molecule is CN(CC1CCCCO1)S(=O)(=O)c1ccccc1CCl. The van der Waals surface area contributed by atoms with Crippen molar-refractivity contribution in [3.8, 4) is 0 Å². The van der Waals surface area contributed by atoms with Crippen molar-refractivity contribution in [2.24, 2.45) is 0 Å². The molecule has 1 aromatic carbocycles. The van der Waals surface area contributed by atoms with E-state index < -0.39 is 10.0 Å². The van der Waals surface area contributed by atoms with E-state index >= 15 is 0 Å². The highest BCUT2D eigenvalue weighted by atomic mass is 35.5. The van der Waals surface area contributed by atoms with Crippen molar-refractivity contribution in [3.05, 3.63) is 29.8 Å². The van der Waals surface area contributed by atoms with Gasteiger partial charge in [0.15, 0.2) is 0 Å². The molecule has 2 rings (SSSR count). The molecule has 0 N–H and O–H groups in total. The van der Waals surface area contributed by atoms with Crippen LogP contribution < -0.4 is 0 Å². The lowest BCUT2D eigenvalue weighted by molar-refractivity contribution is 0.00858. The molecule has 0 aromatic heterocycles. The van der Waals surface area contributed by atoms with E-state index in [0.29, 0.717) is 12.1 Å². The molecule has 0 saturated carbocycles. The smallest absolute Gasteiger partial charge is 0.243 e. The molecule has 1 unspecified atom stereocenters. The summed E-state index contributed by atoms with van der Waals surface area (Å²) < 4.78 is 32.2. The molecule has 1 heterocycles. The molecule has 1 aromatic rings. The molecule has 4 nitrogen and oxygen atoms in total. The van der Waals surface area contributed by atoms with Crippen molar-refractivity contribution in [2.45, 2.75) is 36.1 Å². The molecule has 6 heteroatoms. The first-order valence-electron chi connectivity index (χ1n) is 6.77. The summed E-state index contributed by atoms with van der Waals surface area (Å²) in [5, 5.41) is 0. The number of nitrogens with zero attached hydrogens (tertiary/aromatic N) is 1. The van der Waals surface area contributed by atoms with Crippen LogP contribution in [0.3, 0.4) is 0 Å². The summed E-state index contributed by atoms with van der Waals surface area (Å²) in [7, 11) is -1.92. The molecule has 1 fully saturated rings. The van der Waals surface area contributed by atoms with Gasteiger partial charge in [-0.05, 0) is 30.9 Å². The van der Waals surface area contributed by atoms with Gasteiger partial charge in [-0.25, -0.2) is 8.42 Å². The number of ether oxygens (including phenoxy) is 1. The molecule has 20 heavy (non-hydrogen) atoms. The van der Waals surface area contributed by atoms with Crippen molar-refractivity contribution in [1.29, 1.82) is 0 Å². The average molecular weight is 318 g/mol. The van der Waals surface area contributed by atoms with Gasteiger partial charge in [0.1, 0.15) is 0 Å². The van der Waals surface area contributed by atoms with E-state index in [0.717, 1.165) is 25.9 Å². The van der Waals surface area contributed by atoms with Crippen LogP contribution in [0.15, 0.2) is 29.2 Å². The quantitative estimate of drug-likeness (QED) is 0.784. The van der Waals surface area contributed by atoms with Gasteiger partial charge in [0.2, 0.25) is 10.0 Å². The highest BCUT2D eigenvalue weighted by molar-refractivity contribution is 7.89. The normalized spacial score (nSPS) is 20.2. The van der Waals surface area contributed by atoms with Crippen LogP contribution in [0, 0.1) is 0 Å². The standard InChI is InChI=1S/C14H20ClNO3S/c1-16(11-13-7-4-5-9-19-13)20(17,18)14-8-3-2-6-12(14)10-15/h2-3,6,8,13H,4-5,7,9-11H2,1H3. The average Bonchev–Trinajstić information content (AvgIpc) is 2.48. The van der Waals surface area contributed by atoms with Gasteiger partial charge in [0, 0.05) is 26.1 Å². The maximum absolute atomic E-state index is 12.6. The van der Waals surface area contributed by atoms with Crippen LogP contribution in [0.4, 0.5) is 0 Å². The van der Waals surface area contributed by atoms with Crippen LogP contribution in [0.2, 0.25) is 0 Å². The number of halogens is 1. The molecule has 112 valence electrons. The lowest BCUT2D eigenvalue weighted by Crippen LogP contribution is -2.37. The minimum Gasteiger partial charge on any atom is -0.377 e. The van der Waals surface area contributed by atoms with E-state index in [2.05, 4.69) is 0 Å². The Bertz CT molecular complexity index is 541. The maximum atomic E-state index is 12.6. The molecule has 0 bridgehead atoms. The van der Waals surface area contributed by atoms with Gasteiger partial charge in [-0.15, -0.1) is 11.6 Å². The zero-order valence-electron chi connectivity index (χ0n) is 11.6. The number of hydrogen-bond donors (Lipinski definition) is 0. The predicted molar refractivity (Wildman–Crippen MR) is 79.4 cm³/mol. The monoisotopic (exact) mass is 317 g/mol. The second kappa shape index (κ2) is 6.89. The largest absolute Gasteiger partial charge is 0.377 e. The Morgan fingerprint density at radius 1 is 1.35 bits per heavy atom. The topological polar surface area (TPSA) is 46.6 Å². The molecule has 1 saturated heterocycles. The second-order valence-electron chi connectivity index (χ2n) is 5.02. The fourth-order valence-corrected chi connectivity index (χ4v) is 4.10. The lowest BCUT2D eigenvalue weighted by atomic mass is 10.1. The van der Waals surface area contributed by atoms with E-state index in [-0.39, 0.29) is 16.9 Å². The minimum atomic E-state index is -3.51. The molecular formula is C14H20ClNO3S. The first-order valence-corrected chi connectivity index (χ1v) is 8.75. The van der Waals surface area contributed by atoms with E-state index in [4.69, 9.17) is 16.3 Å². The summed E-state index contributed by atoms with van der Waals surface area (Å²) >= 11 is 5.83. The summed E-state index contributed by atoms with van der Waals surface area (Å²) in [6.45, 7) is 1.11. The van der Waals surface area contributed by atoms with Gasteiger partial charge in [0.25, 0.3) is 0 Å². The van der Waals surface area contributed by atoms with Crippen LogP contribution in [0.5, 0.6) is 0 Å². The summed E-state index contributed by atoms with van der Waals surface area (Å²) in [6, 6.07) is 6.85. The van der Waals surface area contributed by atoms with Crippen LogP contribution in [-0.2, 0) is 20.6 Å². The number of rotatable bonds is 5. The maximum Gasteiger partial charge on any atom is 0.243 e. The summed E-state index contributed by atoms with van der Waals surface area (Å²) in [5.41, 5.74) is 0.630. The molecule has 0 amide bonds. The van der Waals surface area contributed by atoms with Gasteiger partial charge >= 0.3 is 0 Å². The molecule has 1 atom stereocenters. The summed E-state index contributed by atoms with van der Waals surface area (Å²) in [4.78, 5) is 0.285. The fourth-order valence-electron chi connectivity index (χ4n) is 2.37. The molecular weight excluding hydrogens is 298 g/mol. The zero-order chi connectivity index (χ0) is 14.6. The second-order valence-corrected chi connectivity index (χ2v) is 7.30. The predicted octanol–water partition coefficient (Wildman–Crippen LogP) is 2.62. The first-order chi connectivity index (χ1) is 9.55. The Labute approximate surface area is 125 Å². The Morgan fingerprint density at radius 3 is 2.75 bits per heavy atom.